The van der Waals surface area contributed by atoms with Gasteiger partial charge < -0.3 is 9.47 Å². The Labute approximate surface area is 179 Å². The fraction of sp³-hybridized carbons (Fsp3) is 0.240. The Morgan fingerprint density at radius 2 is 1.58 bits per heavy atom. The van der Waals surface area contributed by atoms with E-state index in [9.17, 15) is 18.0 Å². The lowest BCUT2D eigenvalue weighted by Gasteiger charge is -2.15. The van der Waals surface area contributed by atoms with Gasteiger partial charge in [0.15, 0.2) is 0 Å². The number of esters is 1. The summed E-state index contributed by atoms with van der Waals surface area (Å²) < 4.78 is 49.1. The lowest BCUT2D eigenvalue weighted by atomic mass is 9.96. The van der Waals surface area contributed by atoms with E-state index in [1.807, 2.05) is 30.3 Å². The summed E-state index contributed by atoms with van der Waals surface area (Å²) >= 11 is 0. The quantitative estimate of drug-likeness (QED) is 0.397. The summed E-state index contributed by atoms with van der Waals surface area (Å²) in [4.78, 5) is 11.7. The van der Waals surface area contributed by atoms with E-state index < -0.39 is 11.7 Å². The number of carbonyl (C=O) groups excluding carboxylic acids is 1. The summed E-state index contributed by atoms with van der Waals surface area (Å²) in [5.74, 6) is 0.777. The molecule has 0 unspecified atom stereocenters. The number of rotatable bonds is 6. The molecule has 3 rings (SSSR count). The number of methoxy groups -OCH3 is 1. The van der Waals surface area contributed by atoms with Gasteiger partial charge in [0.2, 0.25) is 0 Å². The Bertz CT molecular complexity index is 1040. The van der Waals surface area contributed by atoms with Crippen molar-refractivity contribution in [2.45, 2.75) is 32.4 Å². The van der Waals surface area contributed by atoms with Crippen molar-refractivity contribution in [3.63, 3.8) is 0 Å². The van der Waals surface area contributed by atoms with Crippen LogP contribution in [0.1, 0.15) is 36.5 Å². The van der Waals surface area contributed by atoms with Crippen molar-refractivity contribution < 1.29 is 27.4 Å². The molecule has 3 aromatic rings. The van der Waals surface area contributed by atoms with Crippen LogP contribution in [0.15, 0.2) is 66.7 Å². The summed E-state index contributed by atoms with van der Waals surface area (Å²) in [5.41, 5.74) is 2.79. The van der Waals surface area contributed by atoms with Gasteiger partial charge >= 0.3 is 12.1 Å². The number of hydrogen-bond donors (Lipinski definition) is 0. The van der Waals surface area contributed by atoms with Crippen molar-refractivity contribution in [3.05, 3.63) is 83.4 Å². The average molecular weight is 428 g/mol. The van der Waals surface area contributed by atoms with Gasteiger partial charge in [0.1, 0.15) is 11.5 Å². The molecule has 0 heterocycles. The van der Waals surface area contributed by atoms with Crippen LogP contribution in [-0.2, 0) is 22.1 Å². The number of halogens is 3. The molecule has 0 bridgehead atoms. The van der Waals surface area contributed by atoms with E-state index in [1.54, 1.807) is 12.1 Å². The number of benzene rings is 3. The Morgan fingerprint density at radius 3 is 2.13 bits per heavy atom. The molecule has 0 aromatic heterocycles. The minimum absolute atomic E-state index is 0.105. The lowest BCUT2D eigenvalue weighted by Crippen LogP contribution is -2.05. The van der Waals surface area contributed by atoms with Crippen LogP contribution in [0.25, 0.3) is 11.1 Å². The van der Waals surface area contributed by atoms with Crippen molar-refractivity contribution in [2.24, 2.45) is 0 Å². The molecule has 0 aliphatic rings. The normalized spacial score (nSPS) is 11.5. The van der Waals surface area contributed by atoms with Crippen molar-refractivity contribution in [1.82, 2.24) is 0 Å². The molecule has 0 radical (unpaired) electrons. The zero-order valence-corrected chi connectivity index (χ0v) is 17.5. The summed E-state index contributed by atoms with van der Waals surface area (Å²) in [6.45, 7) is 4.20. The zero-order chi connectivity index (χ0) is 22.6. The maximum absolute atomic E-state index is 12.8. The van der Waals surface area contributed by atoms with Gasteiger partial charge in [-0.25, -0.2) is 0 Å². The SMILES string of the molecule is COC(=O)Cc1ccc(Oc2ccc(C(F)(F)F)cc2)c(-c2ccc(C(C)C)cc2)c1. The molecule has 6 heteroatoms. The standard InChI is InChI=1S/C25H23F3O3/c1-16(2)18-5-7-19(8-6-18)22-14-17(15-24(29)30-3)4-13-23(22)31-21-11-9-20(10-12-21)25(26,27)28/h4-14,16H,15H2,1-3H3. The molecule has 0 N–H and O–H groups in total. The van der Waals surface area contributed by atoms with Crippen LogP contribution < -0.4 is 4.74 Å². The Balaban J connectivity index is 1.97. The van der Waals surface area contributed by atoms with E-state index in [0.717, 1.165) is 28.8 Å². The second-order valence-corrected chi connectivity index (χ2v) is 7.48. The highest BCUT2D eigenvalue weighted by molar-refractivity contribution is 5.76. The minimum atomic E-state index is -4.41. The van der Waals surface area contributed by atoms with Crippen LogP contribution in [0.2, 0.25) is 0 Å². The molecular formula is C25H23F3O3. The molecule has 3 nitrogen and oxygen atoms in total. The number of hydrogen-bond acceptors (Lipinski definition) is 3. The Morgan fingerprint density at radius 1 is 0.935 bits per heavy atom. The van der Waals surface area contributed by atoms with E-state index in [4.69, 9.17) is 9.47 Å². The largest absolute Gasteiger partial charge is 0.469 e. The third kappa shape index (κ3) is 5.66. The van der Waals surface area contributed by atoms with E-state index in [1.165, 1.54) is 24.8 Å². The monoisotopic (exact) mass is 428 g/mol. The van der Waals surface area contributed by atoms with E-state index in [-0.39, 0.29) is 18.1 Å². The van der Waals surface area contributed by atoms with Crippen molar-refractivity contribution in [3.8, 4) is 22.6 Å². The zero-order valence-electron chi connectivity index (χ0n) is 17.5. The predicted octanol–water partition coefficient (Wildman–Crippen LogP) is 7.00. The number of ether oxygens (including phenoxy) is 2. The van der Waals surface area contributed by atoms with Crippen molar-refractivity contribution in [2.75, 3.05) is 7.11 Å². The third-order valence-electron chi connectivity index (χ3n) is 4.92. The molecule has 0 aliphatic carbocycles. The van der Waals surface area contributed by atoms with Gasteiger partial charge in [-0.15, -0.1) is 0 Å². The molecule has 0 saturated carbocycles. The Kier molecular flexibility index (Phi) is 6.68. The van der Waals surface area contributed by atoms with Crippen LogP contribution in [0.3, 0.4) is 0 Å². The van der Waals surface area contributed by atoms with Crippen molar-refractivity contribution in [1.29, 1.82) is 0 Å². The number of alkyl halides is 3. The van der Waals surface area contributed by atoms with E-state index >= 15 is 0 Å². The summed E-state index contributed by atoms with van der Waals surface area (Å²) in [7, 11) is 1.33. The fourth-order valence-corrected chi connectivity index (χ4v) is 3.13. The average Bonchev–Trinajstić information content (AvgIpc) is 2.74. The van der Waals surface area contributed by atoms with Crippen LogP contribution in [-0.4, -0.2) is 13.1 Å². The van der Waals surface area contributed by atoms with Crippen LogP contribution in [0.5, 0.6) is 11.5 Å². The summed E-state index contributed by atoms with van der Waals surface area (Å²) in [6.07, 6.45) is -4.30. The van der Waals surface area contributed by atoms with Gasteiger partial charge in [-0.1, -0.05) is 44.2 Å². The molecule has 0 fully saturated rings. The maximum Gasteiger partial charge on any atom is 0.416 e. The highest BCUT2D eigenvalue weighted by atomic mass is 19.4. The molecule has 0 saturated heterocycles. The van der Waals surface area contributed by atoms with E-state index in [0.29, 0.717) is 11.7 Å². The first kappa shape index (κ1) is 22.4. The van der Waals surface area contributed by atoms with E-state index in [2.05, 4.69) is 13.8 Å². The molecule has 31 heavy (non-hydrogen) atoms. The van der Waals surface area contributed by atoms with Crippen molar-refractivity contribution >= 4 is 5.97 Å². The first-order valence-corrected chi connectivity index (χ1v) is 9.82. The molecule has 0 amide bonds. The molecule has 0 spiro atoms. The molecule has 162 valence electrons. The first-order valence-electron chi connectivity index (χ1n) is 9.82. The van der Waals surface area contributed by atoms with Crippen LogP contribution in [0.4, 0.5) is 13.2 Å². The third-order valence-corrected chi connectivity index (χ3v) is 4.92. The molecule has 0 atom stereocenters. The van der Waals surface area contributed by atoms with Gasteiger partial charge in [0, 0.05) is 5.56 Å². The Hall–Kier alpha value is -3.28. The summed E-state index contributed by atoms with van der Waals surface area (Å²) in [5, 5.41) is 0. The minimum Gasteiger partial charge on any atom is -0.469 e. The highest BCUT2D eigenvalue weighted by Crippen LogP contribution is 2.36. The van der Waals surface area contributed by atoms with Gasteiger partial charge in [0.25, 0.3) is 0 Å². The smallest absolute Gasteiger partial charge is 0.416 e. The maximum atomic E-state index is 12.8. The van der Waals surface area contributed by atoms with Gasteiger partial charge in [0.05, 0.1) is 19.1 Å². The van der Waals surface area contributed by atoms with Gasteiger partial charge in [-0.2, -0.15) is 13.2 Å². The second kappa shape index (κ2) is 9.25. The molecular weight excluding hydrogens is 405 g/mol. The van der Waals surface area contributed by atoms with Crippen LogP contribution in [0, 0.1) is 0 Å². The van der Waals surface area contributed by atoms with Crippen LogP contribution >= 0.6 is 0 Å². The highest BCUT2D eigenvalue weighted by Gasteiger charge is 2.30. The lowest BCUT2D eigenvalue weighted by molar-refractivity contribution is -0.140. The van der Waals surface area contributed by atoms with Gasteiger partial charge in [-0.05, 0) is 59.0 Å². The fourth-order valence-electron chi connectivity index (χ4n) is 3.13. The first-order chi connectivity index (χ1) is 14.7. The number of carbonyl (C=O) groups is 1. The second-order valence-electron chi connectivity index (χ2n) is 7.48. The molecule has 0 aliphatic heterocycles. The van der Waals surface area contributed by atoms with Gasteiger partial charge in [-0.3, -0.25) is 4.79 Å². The summed E-state index contributed by atoms with van der Waals surface area (Å²) in [6, 6.07) is 17.8. The topological polar surface area (TPSA) is 35.5 Å². The molecule has 3 aromatic carbocycles. The predicted molar refractivity (Wildman–Crippen MR) is 113 cm³/mol.